The predicted octanol–water partition coefficient (Wildman–Crippen LogP) is 4.16. The molecule has 2 aromatic rings. The van der Waals surface area contributed by atoms with Crippen LogP contribution >= 0.6 is 0 Å². The van der Waals surface area contributed by atoms with E-state index in [4.69, 9.17) is 0 Å². The molecule has 0 bridgehead atoms. The van der Waals surface area contributed by atoms with Gasteiger partial charge in [0, 0.05) is 0 Å². The molecule has 0 unspecified atom stereocenters. The molecule has 0 amide bonds. The molecule has 0 aliphatic heterocycles. The first-order valence-corrected chi connectivity index (χ1v) is 15.2. The molecular weight excluding hydrogens is 315 g/mol. The Morgan fingerprint density at radius 1 is 1.00 bits per heavy atom. The topological polar surface area (TPSA) is 3.88 Å². The van der Waals surface area contributed by atoms with Crippen molar-refractivity contribution in [1.82, 2.24) is 0 Å². The van der Waals surface area contributed by atoms with Crippen molar-refractivity contribution in [2.75, 3.05) is 0 Å². The summed E-state index contributed by atoms with van der Waals surface area (Å²) >= 11 is -1.79. The average Bonchev–Trinajstić information content (AvgIpc) is 2.38. The standard InChI is InChI=1S/C19H28GeN/c1-14(2)16-8-9-18(15(3)12-16)19-13-17(20(4,5)6)10-11-21(19)7/h8-14H,1-7H3/q+1. The molecule has 2 heteroatoms. The van der Waals surface area contributed by atoms with Crippen LogP contribution in [-0.2, 0) is 7.05 Å². The Balaban J connectivity index is 2.56. The Morgan fingerprint density at radius 2 is 1.67 bits per heavy atom. The van der Waals surface area contributed by atoms with E-state index >= 15 is 0 Å². The number of benzene rings is 1. The molecule has 0 spiro atoms. The van der Waals surface area contributed by atoms with Crippen molar-refractivity contribution < 1.29 is 4.57 Å². The van der Waals surface area contributed by atoms with Crippen molar-refractivity contribution in [3.05, 3.63) is 47.7 Å². The minimum atomic E-state index is -1.79. The van der Waals surface area contributed by atoms with Gasteiger partial charge >= 0.3 is 132 Å². The molecule has 1 heterocycles. The van der Waals surface area contributed by atoms with E-state index in [1.807, 2.05) is 0 Å². The van der Waals surface area contributed by atoms with E-state index in [1.54, 1.807) is 4.40 Å². The molecule has 1 aromatic heterocycles. The molecule has 1 aromatic carbocycles. The van der Waals surface area contributed by atoms with E-state index < -0.39 is 13.3 Å². The number of hydrogen-bond donors (Lipinski definition) is 0. The van der Waals surface area contributed by atoms with Crippen LogP contribution in [0.3, 0.4) is 0 Å². The molecule has 0 aliphatic rings. The Bertz CT molecular complexity index is 651. The van der Waals surface area contributed by atoms with Gasteiger partial charge in [0.15, 0.2) is 0 Å². The SMILES string of the molecule is Cc1cc(C(C)C)ccc1-c1c[c]([Ge]([CH3])([CH3])[CH3])cc[n+]1C. The quantitative estimate of drug-likeness (QED) is 0.582. The first-order valence-electron chi connectivity index (χ1n) is 7.81. The van der Waals surface area contributed by atoms with Gasteiger partial charge in [-0.05, 0) is 0 Å². The summed E-state index contributed by atoms with van der Waals surface area (Å²) in [5, 5.41) is 0. The first kappa shape index (κ1) is 16.3. The van der Waals surface area contributed by atoms with Gasteiger partial charge in [0.2, 0.25) is 0 Å². The number of hydrogen-bond acceptors (Lipinski definition) is 0. The second-order valence-corrected chi connectivity index (χ2v) is 18.0. The predicted molar refractivity (Wildman–Crippen MR) is 94.9 cm³/mol. The molecule has 112 valence electrons. The van der Waals surface area contributed by atoms with Crippen LogP contribution in [0.1, 0.15) is 30.9 Å². The maximum atomic E-state index is 2.45. The third-order valence-electron chi connectivity index (χ3n) is 4.21. The van der Waals surface area contributed by atoms with Crippen LogP contribution < -0.4 is 8.96 Å². The normalized spacial score (nSPS) is 12.0. The molecule has 21 heavy (non-hydrogen) atoms. The number of pyridine rings is 1. The third kappa shape index (κ3) is 3.57. The molecule has 0 aliphatic carbocycles. The zero-order valence-corrected chi connectivity index (χ0v) is 16.6. The summed E-state index contributed by atoms with van der Waals surface area (Å²) in [5.74, 6) is 7.94. The molecular formula is C19H28GeN+. The summed E-state index contributed by atoms with van der Waals surface area (Å²) in [7, 11) is 2.14. The van der Waals surface area contributed by atoms with Crippen LogP contribution in [0.15, 0.2) is 36.5 Å². The number of aryl methyl sites for hydroxylation is 2. The summed E-state index contributed by atoms with van der Waals surface area (Å²) in [6, 6.07) is 11.6. The van der Waals surface area contributed by atoms with Gasteiger partial charge < -0.3 is 0 Å². The van der Waals surface area contributed by atoms with E-state index in [1.165, 1.54) is 22.4 Å². The second-order valence-electron chi connectivity index (χ2n) is 7.39. The van der Waals surface area contributed by atoms with Crippen LogP contribution in [-0.4, -0.2) is 13.3 Å². The van der Waals surface area contributed by atoms with Crippen LogP contribution in [0.4, 0.5) is 0 Å². The van der Waals surface area contributed by atoms with Gasteiger partial charge in [0.1, 0.15) is 0 Å². The fourth-order valence-corrected chi connectivity index (χ4v) is 5.04. The van der Waals surface area contributed by atoms with Crippen molar-refractivity contribution in [3.8, 4) is 11.3 Å². The van der Waals surface area contributed by atoms with Gasteiger partial charge in [0.05, 0.1) is 0 Å². The van der Waals surface area contributed by atoms with Crippen molar-refractivity contribution in [2.24, 2.45) is 7.05 Å². The molecule has 0 radical (unpaired) electrons. The van der Waals surface area contributed by atoms with E-state index in [0.717, 1.165) is 0 Å². The molecule has 0 saturated heterocycles. The molecule has 0 fully saturated rings. The summed E-state index contributed by atoms with van der Waals surface area (Å²) in [5.41, 5.74) is 5.48. The number of aromatic nitrogens is 1. The van der Waals surface area contributed by atoms with E-state index in [2.05, 4.69) is 86.2 Å². The first-order chi connectivity index (χ1) is 9.70. The summed E-state index contributed by atoms with van der Waals surface area (Å²) in [6.45, 7) is 6.73. The molecule has 0 saturated carbocycles. The van der Waals surface area contributed by atoms with E-state index in [0.29, 0.717) is 5.92 Å². The van der Waals surface area contributed by atoms with Crippen LogP contribution in [0.5, 0.6) is 0 Å². The Hall–Kier alpha value is -1.09. The maximum absolute atomic E-state index is 2.45. The fraction of sp³-hybridized carbons (Fsp3) is 0.421. The van der Waals surface area contributed by atoms with Crippen molar-refractivity contribution in [2.45, 2.75) is 44.0 Å². The fourth-order valence-electron chi connectivity index (χ4n) is 2.64. The number of rotatable bonds is 3. The Kier molecular flexibility index (Phi) is 4.62. The van der Waals surface area contributed by atoms with Gasteiger partial charge in [-0.1, -0.05) is 0 Å². The zero-order valence-electron chi connectivity index (χ0n) is 14.5. The summed E-state index contributed by atoms with van der Waals surface area (Å²) in [6.07, 6.45) is 2.22. The average molecular weight is 343 g/mol. The van der Waals surface area contributed by atoms with Gasteiger partial charge in [0.25, 0.3) is 0 Å². The molecule has 0 N–H and O–H groups in total. The third-order valence-corrected chi connectivity index (χ3v) is 8.50. The Morgan fingerprint density at radius 3 is 2.19 bits per heavy atom. The van der Waals surface area contributed by atoms with Crippen LogP contribution in [0.2, 0.25) is 17.3 Å². The number of nitrogens with zero attached hydrogens (tertiary/aromatic N) is 1. The van der Waals surface area contributed by atoms with E-state index in [9.17, 15) is 0 Å². The Labute approximate surface area is 132 Å². The van der Waals surface area contributed by atoms with Crippen molar-refractivity contribution >= 4 is 17.7 Å². The second kappa shape index (κ2) is 5.96. The minimum absolute atomic E-state index is 0.586. The van der Waals surface area contributed by atoms with Crippen molar-refractivity contribution in [1.29, 1.82) is 0 Å². The van der Waals surface area contributed by atoms with E-state index in [-0.39, 0.29) is 0 Å². The van der Waals surface area contributed by atoms with Gasteiger partial charge in [-0.15, -0.1) is 0 Å². The van der Waals surface area contributed by atoms with Gasteiger partial charge in [-0.3, -0.25) is 0 Å². The summed E-state index contributed by atoms with van der Waals surface area (Å²) < 4.78 is 3.81. The molecule has 0 atom stereocenters. The monoisotopic (exact) mass is 344 g/mol. The van der Waals surface area contributed by atoms with Gasteiger partial charge in [-0.25, -0.2) is 0 Å². The summed E-state index contributed by atoms with van der Waals surface area (Å²) in [4.78, 5) is 0. The van der Waals surface area contributed by atoms with Gasteiger partial charge in [-0.2, -0.15) is 0 Å². The van der Waals surface area contributed by atoms with Crippen LogP contribution in [0.25, 0.3) is 11.3 Å². The zero-order chi connectivity index (χ0) is 15.8. The molecule has 2 rings (SSSR count). The van der Waals surface area contributed by atoms with Crippen LogP contribution in [0, 0.1) is 6.92 Å². The van der Waals surface area contributed by atoms with Crippen molar-refractivity contribution in [3.63, 3.8) is 0 Å². The molecule has 1 nitrogen and oxygen atoms in total.